The van der Waals surface area contributed by atoms with E-state index in [2.05, 4.69) is 0 Å². The average molecular weight is 269 g/mol. The molecule has 2 aromatic carbocycles. The first kappa shape index (κ1) is 13.3. The molecule has 0 saturated carbocycles. The first-order chi connectivity index (χ1) is 9.27. The van der Waals surface area contributed by atoms with Crippen molar-refractivity contribution in [3.63, 3.8) is 0 Å². The van der Waals surface area contributed by atoms with Crippen molar-refractivity contribution in [3.05, 3.63) is 83.9 Å². The van der Waals surface area contributed by atoms with Crippen LogP contribution in [0.5, 0.6) is 0 Å². The van der Waals surface area contributed by atoms with Crippen LogP contribution in [0.3, 0.4) is 0 Å². The normalized spacial score (nSPS) is 11.7. The van der Waals surface area contributed by atoms with E-state index in [1.54, 1.807) is 6.08 Å². The van der Waals surface area contributed by atoms with Crippen LogP contribution < -0.4 is 0 Å². The van der Waals surface area contributed by atoms with Gasteiger partial charge in [-0.15, -0.1) is 0 Å². The molecule has 0 spiro atoms. The molecule has 2 heteroatoms. The van der Waals surface area contributed by atoms with Crippen molar-refractivity contribution in [1.29, 1.82) is 0 Å². The second-order valence-corrected chi connectivity index (χ2v) is 4.33. The van der Waals surface area contributed by atoms with Crippen LogP contribution in [0.15, 0.2) is 72.8 Å². The third-order valence-corrected chi connectivity index (χ3v) is 2.85. The molecule has 2 aromatic rings. The van der Waals surface area contributed by atoms with E-state index in [-0.39, 0.29) is 0 Å². The van der Waals surface area contributed by atoms with Gasteiger partial charge in [0, 0.05) is 5.57 Å². The van der Waals surface area contributed by atoms with Crippen molar-refractivity contribution in [2.24, 2.45) is 0 Å². The maximum absolute atomic E-state index is 11.5. The number of rotatable bonds is 4. The highest BCUT2D eigenvalue weighted by Crippen LogP contribution is 2.17. The number of carbonyl (C=O) groups is 1. The Balaban J connectivity index is 2.24. The lowest BCUT2D eigenvalue weighted by molar-refractivity contribution is -0.106. The standard InChI is InChI=1S/C17H13ClO/c18-17(19)16(15-11-5-2-6-12-15)13-7-10-14-8-3-1-4-9-14/h1-13H. The largest absolute Gasteiger partial charge is 0.276 e. The van der Waals surface area contributed by atoms with Gasteiger partial charge in [0.15, 0.2) is 0 Å². The molecule has 0 unspecified atom stereocenters. The third kappa shape index (κ3) is 3.94. The van der Waals surface area contributed by atoms with Gasteiger partial charge in [-0.25, -0.2) is 0 Å². The Morgan fingerprint density at radius 3 is 2.05 bits per heavy atom. The second kappa shape index (κ2) is 6.72. The van der Waals surface area contributed by atoms with Gasteiger partial charge >= 0.3 is 0 Å². The van der Waals surface area contributed by atoms with Gasteiger partial charge in [-0.05, 0) is 28.8 Å². The van der Waals surface area contributed by atoms with Crippen molar-refractivity contribution >= 4 is 28.5 Å². The number of benzene rings is 2. The quantitative estimate of drug-likeness (QED) is 0.452. The minimum absolute atomic E-state index is 0.455. The molecule has 0 aliphatic carbocycles. The topological polar surface area (TPSA) is 17.1 Å². The molecule has 0 amide bonds. The zero-order chi connectivity index (χ0) is 13.5. The summed E-state index contributed by atoms with van der Waals surface area (Å²) in [7, 11) is 0. The monoisotopic (exact) mass is 268 g/mol. The highest BCUT2D eigenvalue weighted by molar-refractivity contribution is 6.74. The van der Waals surface area contributed by atoms with E-state index in [0.29, 0.717) is 5.57 Å². The summed E-state index contributed by atoms with van der Waals surface area (Å²) in [5.41, 5.74) is 2.39. The predicted octanol–water partition coefficient (Wildman–Crippen LogP) is 4.55. The summed E-state index contributed by atoms with van der Waals surface area (Å²) < 4.78 is 0. The van der Waals surface area contributed by atoms with E-state index < -0.39 is 5.24 Å². The van der Waals surface area contributed by atoms with E-state index in [4.69, 9.17) is 11.6 Å². The minimum Gasteiger partial charge on any atom is -0.276 e. The highest BCUT2D eigenvalue weighted by atomic mass is 35.5. The molecule has 1 nitrogen and oxygen atoms in total. The van der Waals surface area contributed by atoms with Crippen LogP contribution in [0.4, 0.5) is 0 Å². The molecule has 0 fully saturated rings. The van der Waals surface area contributed by atoms with E-state index in [1.807, 2.05) is 72.8 Å². The lowest BCUT2D eigenvalue weighted by Crippen LogP contribution is -1.92. The molecule has 0 aromatic heterocycles. The zero-order valence-electron chi connectivity index (χ0n) is 10.3. The first-order valence-electron chi connectivity index (χ1n) is 5.96. The predicted molar refractivity (Wildman–Crippen MR) is 80.8 cm³/mol. The molecular formula is C17H13ClO. The molecule has 19 heavy (non-hydrogen) atoms. The molecule has 0 N–H and O–H groups in total. The molecule has 0 aliphatic heterocycles. The van der Waals surface area contributed by atoms with Crippen molar-refractivity contribution in [2.75, 3.05) is 0 Å². The summed E-state index contributed by atoms with van der Waals surface area (Å²) in [6.07, 6.45) is 5.50. The number of hydrogen-bond donors (Lipinski definition) is 0. The van der Waals surface area contributed by atoms with E-state index >= 15 is 0 Å². The Morgan fingerprint density at radius 2 is 1.47 bits per heavy atom. The first-order valence-corrected chi connectivity index (χ1v) is 6.34. The van der Waals surface area contributed by atoms with Crippen molar-refractivity contribution in [1.82, 2.24) is 0 Å². The van der Waals surface area contributed by atoms with Crippen LogP contribution in [0.2, 0.25) is 0 Å². The number of carbonyl (C=O) groups excluding carboxylic acids is 1. The molecular weight excluding hydrogens is 256 g/mol. The van der Waals surface area contributed by atoms with Crippen molar-refractivity contribution < 1.29 is 4.79 Å². The molecule has 94 valence electrons. The van der Waals surface area contributed by atoms with E-state index in [1.165, 1.54) is 0 Å². The molecule has 0 saturated heterocycles. The Bertz CT molecular complexity index is 598. The maximum atomic E-state index is 11.5. The molecule has 0 aliphatic rings. The fourth-order valence-electron chi connectivity index (χ4n) is 1.71. The summed E-state index contributed by atoms with van der Waals surface area (Å²) in [5.74, 6) is 0. The van der Waals surface area contributed by atoms with Gasteiger partial charge in [0.25, 0.3) is 5.24 Å². The summed E-state index contributed by atoms with van der Waals surface area (Å²) >= 11 is 5.62. The van der Waals surface area contributed by atoms with Crippen LogP contribution in [0.1, 0.15) is 11.1 Å². The molecule has 0 heterocycles. The van der Waals surface area contributed by atoms with Gasteiger partial charge in [0.2, 0.25) is 0 Å². The Labute approximate surface area is 117 Å². The zero-order valence-corrected chi connectivity index (χ0v) is 11.0. The maximum Gasteiger partial charge on any atom is 0.252 e. The molecule has 0 bridgehead atoms. The Morgan fingerprint density at radius 1 is 0.895 bits per heavy atom. The number of hydrogen-bond acceptors (Lipinski definition) is 1. The summed E-state index contributed by atoms with van der Waals surface area (Å²) in [6.45, 7) is 0. The molecule has 0 atom stereocenters. The van der Waals surface area contributed by atoms with Crippen LogP contribution in [-0.4, -0.2) is 5.24 Å². The Hall–Kier alpha value is -2.12. The molecule has 0 radical (unpaired) electrons. The average Bonchev–Trinajstić information content (AvgIpc) is 2.45. The van der Waals surface area contributed by atoms with E-state index in [9.17, 15) is 4.79 Å². The van der Waals surface area contributed by atoms with Gasteiger partial charge in [-0.1, -0.05) is 72.8 Å². The number of halogens is 1. The van der Waals surface area contributed by atoms with Gasteiger partial charge in [-0.2, -0.15) is 0 Å². The van der Waals surface area contributed by atoms with Gasteiger partial charge in [0.1, 0.15) is 0 Å². The SMILES string of the molecule is O=C(Cl)C(=CC=Cc1ccccc1)c1ccccc1. The number of allylic oxidation sites excluding steroid dienone is 3. The summed E-state index contributed by atoms with van der Waals surface area (Å²) in [6, 6.07) is 19.3. The second-order valence-electron chi connectivity index (χ2n) is 3.99. The van der Waals surface area contributed by atoms with Crippen LogP contribution in [0.25, 0.3) is 11.6 Å². The van der Waals surface area contributed by atoms with Crippen LogP contribution >= 0.6 is 11.6 Å². The van der Waals surface area contributed by atoms with Crippen LogP contribution in [0, 0.1) is 0 Å². The summed E-state index contributed by atoms with van der Waals surface area (Å²) in [5, 5.41) is -0.455. The van der Waals surface area contributed by atoms with Gasteiger partial charge < -0.3 is 0 Å². The third-order valence-electron chi connectivity index (χ3n) is 2.65. The summed E-state index contributed by atoms with van der Waals surface area (Å²) in [4.78, 5) is 11.5. The lowest BCUT2D eigenvalue weighted by Gasteiger charge is -2.00. The van der Waals surface area contributed by atoms with Crippen molar-refractivity contribution in [2.45, 2.75) is 0 Å². The van der Waals surface area contributed by atoms with Crippen molar-refractivity contribution in [3.8, 4) is 0 Å². The van der Waals surface area contributed by atoms with E-state index in [0.717, 1.165) is 11.1 Å². The Kier molecular flexibility index (Phi) is 4.71. The van der Waals surface area contributed by atoms with Crippen LogP contribution in [-0.2, 0) is 4.79 Å². The molecule has 2 rings (SSSR count). The minimum atomic E-state index is -0.455. The van der Waals surface area contributed by atoms with Gasteiger partial charge in [0.05, 0.1) is 0 Å². The fraction of sp³-hybridized carbons (Fsp3) is 0. The lowest BCUT2D eigenvalue weighted by atomic mass is 10.1. The smallest absolute Gasteiger partial charge is 0.252 e. The highest BCUT2D eigenvalue weighted by Gasteiger charge is 2.06. The fourth-order valence-corrected chi connectivity index (χ4v) is 1.88. The van der Waals surface area contributed by atoms with Gasteiger partial charge in [-0.3, -0.25) is 4.79 Å².